The highest BCUT2D eigenvalue weighted by molar-refractivity contribution is 6.08. The van der Waals surface area contributed by atoms with Crippen LogP contribution in [0.2, 0.25) is 0 Å². The van der Waals surface area contributed by atoms with E-state index < -0.39 is 0 Å². The summed E-state index contributed by atoms with van der Waals surface area (Å²) in [6.07, 6.45) is 3.42. The monoisotopic (exact) mass is 526 g/mol. The molecule has 1 aliphatic heterocycles. The maximum Gasteiger partial charge on any atom is 0.255 e. The maximum absolute atomic E-state index is 13.3. The van der Waals surface area contributed by atoms with E-state index >= 15 is 0 Å². The molecule has 3 aromatic rings. The van der Waals surface area contributed by atoms with Gasteiger partial charge in [0.15, 0.2) is 0 Å². The van der Waals surface area contributed by atoms with Crippen LogP contribution in [0, 0.1) is 12.8 Å². The SMILES string of the molecule is CCCCC(C)CNC(=O)c1ccc(N2CCN(Cc3ccccc3)CC2)c(NC(=O)c2ccccc2C)c1. The smallest absolute Gasteiger partial charge is 0.255 e. The molecule has 4 rings (SSSR count). The second-order valence-electron chi connectivity index (χ2n) is 10.7. The molecule has 1 aliphatic rings. The summed E-state index contributed by atoms with van der Waals surface area (Å²) in [5.41, 5.74) is 5.05. The van der Waals surface area contributed by atoms with Gasteiger partial charge >= 0.3 is 0 Å². The van der Waals surface area contributed by atoms with Crippen LogP contribution in [0.5, 0.6) is 0 Å². The molecule has 0 saturated carbocycles. The fraction of sp³-hybridized carbons (Fsp3) is 0.394. The zero-order chi connectivity index (χ0) is 27.6. The number of carbonyl (C=O) groups is 2. The summed E-state index contributed by atoms with van der Waals surface area (Å²) in [5.74, 6) is 0.160. The van der Waals surface area contributed by atoms with Gasteiger partial charge in [-0.05, 0) is 54.7 Å². The predicted octanol–water partition coefficient (Wildman–Crippen LogP) is 6.13. The minimum absolute atomic E-state index is 0.107. The van der Waals surface area contributed by atoms with Crippen LogP contribution in [-0.2, 0) is 6.54 Å². The third-order valence-electron chi connectivity index (χ3n) is 7.52. The topological polar surface area (TPSA) is 64.7 Å². The Morgan fingerprint density at radius 1 is 0.897 bits per heavy atom. The van der Waals surface area contributed by atoms with E-state index in [2.05, 4.69) is 58.5 Å². The summed E-state index contributed by atoms with van der Waals surface area (Å²) in [7, 11) is 0. The highest BCUT2D eigenvalue weighted by atomic mass is 16.2. The summed E-state index contributed by atoms with van der Waals surface area (Å²) in [5, 5.41) is 6.21. The number of rotatable bonds is 11. The Balaban J connectivity index is 1.50. The molecule has 0 aliphatic carbocycles. The number of anilines is 2. The van der Waals surface area contributed by atoms with Gasteiger partial charge in [-0.3, -0.25) is 14.5 Å². The molecule has 0 radical (unpaired) electrons. The fourth-order valence-corrected chi connectivity index (χ4v) is 5.08. The Kier molecular flexibility index (Phi) is 10.1. The molecule has 39 heavy (non-hydrogen) atoms. The lowest BCUT2D eigenvalue weighted by Gasteiger charge is -2.37. The number of hydrogen-bond acceptors (Lipinski definition) is 4. The molecule has 3 aromatic carbocycles. The van der Waals surface area contributed by atoms with Crippen molar-refractivity contribution in [3.05, 3.63) is 95.1 Å². The van der Waals surface area contributed by atoms with Gasteiger partial charge in [-0.2, -0.15) is 0 Å². The van der Waals surface area contributed by atoms with Crippen LogP contribution in [0.15, 0.2) is 72.8 Å². The number of carbonyl (C=O) groups excluding carboxylic acids is 2. The molecule has 6 nitrogen and oxygen atoms in total. The number of nitrogens with one attached hydrogen (secondary N) is 2. The second-order valence-corrected chi connectivity index (χ2v) is 10.7. The van der Waals surface area contributed by atoms with Crippen molar-refractivity contribution in [3.63, 3.8) is 0 Å². The largest absolute Gasteiger partial charge is 0.367 e. The van der Waals surface area contributed by atoms with E-state index in [1.54, 1.807) is 0 Å². The van der Waals surface area contributed by atoms with Crippen LogP contribution in [0.4, 0.5) is 11.4 Å². The van der Waals surface area contributed by atoms with Crippen molar-refractivity contribution < 1.29 is 9.59 Å². The summed E-state index contributed by atoms with van der Waals surface area (Å²) in [6, 6.07) is 23.8. The van der Waals surface area contributed by atoms with Crippen LogP contribution in [0.3, 0.4) is 0 Å². The molecule has 6 heteroatoms. The van der Waals surface area contributed by atoms with Gasteiger partial charge < -0.3 is 15.5 Å². The molecule has 0 aromatic heterocycles. The number of aryl methyl sites for hydroxylation is 1. The molecule has 1 atom stereocenters. The Labute approximate surface area is 233 Å². The van der Waals surface area contributed by atoms with Gasteiger partial charge in [0.05, 0.1) is 11.4 Å². The van der Waals surface area contributed by atoms with E-state index in [1.807, 2.05) is 55.5 Å². The van der Waals surface area contributed by atoms with Gasteiger partial charge in [0.25, 0.3) is 11.8 Å². The fourth-order valence-electron chi connectivity index (χ4n) is 5.08. The molecular formula is C33H42N4O2. The Hall–Kier alpha value is -3.64. The summed E-state index contributed by atoms with van der Waals surface area (Å²) in [4.78, 5) is 31.1. The van der Waals surface area contributed by atoms with Crippen molar-refractivity contribution in [2.24, 2.45) is 5.92 Å². The first-order chi connectivity index (χ1) is 18.9. The Morgan fingerprint density at radius 2 is 1.62 bits per heavy atom. The van der Waals surface area contributed by atoms with Crippen molar-refractivity contribution in [1.82, 2.24) is 10.2 Å². The highest BCUT2D eigenvalue weighted by Crippen LogP contribution is 2.29. The zero-order valence-electron chi connectivity index (χ0n) is 23.6. The lowest BCUT2D eigenvalue weighted by Crippen LogP contribution is -2.46. The number of piperazine rings is 1. The molecule has 0 spiro atoms. The van der Waals surface area contributed by atoms with Gasteiger partial charge in [0.1, 0.15) is 0 Å². The Bertz CT molecular complexity index is 1240. The van der Waals surface area contributed by atoms with E-state index in [1.165, 1.54) is 12.0 Å². The number of benzene rings is 3. The zero-order valence-corrected chi connectivity index (χ0v) is 23.6. The third kappa shape index (κ3) is 7.93. The van der Waals surface area contributed by atoms with Crippen LogP contribution in [0.25, 0.3) is 0 Å². The lowest BCUT2D eigenvalue weighted by atomic mass is 10.0. The number of amides is 2. The van der Waals surface area contributed by atoms with Crippen molar-refractivity contribution in [3.8, 4) is 0 Å². The predicted molar refractivity (Wildman–Crippen MR) is 161 cm³/mol. The van der Waals surface area contributed by atoms with Crippen LogP contribution in [-0.4, -0.2) is 49.4 Å². The van der Waals surface area contributed by atoms with Gasteiger partial charge in [-0.15, -0.1) is 0 Å². The maximum atomic E-state index is 13.3. The van der Waals surface area contributed by atoms with E-state index in [4.69, 9.17) is 0 Å². The third-order valence-corrected chi connectivity index (χ3v) is 7.52. The minimum atomic E-state index is -0.164. The van der Waals surface area contributed by atoms with Crippen LogP contribution in [0.1, 0.15) is 65.0 Å². The Morgan fingerprint density at radius 3 is 2.33 bits per heavy atom. The van der Waals surface area contributed by atoms with Gasteiger partial charge in [-0.1, -0.05) is 75.2 Å². The van der Waals surface area contributed by atoms with E-state index in [9.17, 15) is 9.59 Å². The average Bonchev–Trinajstić information content (AvgIpc) is 2.96. The summed E-state index contributed by atoms with van der Waals surface area (Å²) < 4.78 is 0. The van der Waals surface area contributed by atoms with E-state index in [0.29, 0.717) is 29.3 Å². The van der Waals surface area contributed by atoms with Crippen LogP contribution >= 0.6 is 0 Å². The van der Waals surface area contributed by atoms with Crippen molar-refractivity contribution in [2.45, 2.75) is 46.6 Å². The number of hydrogen-bond donors (Lipinski definition) is 2. The lowest BCUT2D eigenvalue weighted by molar-refractivity contribution is 0.0946. The summed E-state index contributed by atoms with van der Waals surface area (Å²) >= 11 is 0. The standard InChI is InChI=1S/C33H42N4O2/c1-4-5-11-25(2)23-34-32(38)28-16-17-31(30(22-28)35-33(39)29-15-10-9-12-26(29)3)37-20-18-36(19-21-37)24-27-13-7-6-8-14-27/h6-10,12-17,22,25H,4-5,11,18-21,23-24H2,1-3H3,(H,34,38)(H,35,39). The molecular weight excluding hydrogens is 484 g/mol. The molecule has 1 fully saturated rings. The van der Waals surface area contributed by atoms with E-state index in [0.717, 1.165) is 56.8 Å². The molecule has 0 bridgehead atoms. The van der Waals surface area contributed by atoms with Gasteiger partial charge in [0, 0.05) is 50.4 Å². The van der Waals surface area contributed by atoms with Gasteiger partial charge in [-0.25, -0.2) is 0 Å². The molecule has 1 saturated heterocycles. The highest BCUT2D eigenvalue weighted by Gasteiger charge is 2.22. The number of unbranched alkanes of at least 4 members (excludes halogenated alkanes) is 1. The molecule has 2 amide bonds. The van der Waals surface area contributed by atoms with Crippen molar-refractivity contribution in [2.75, 3.05) is 42.9 Å². The van der Waals surface area contributed by atoms with Crippen molar-refractivity contribution in [1.29, 1.82) is 0 Å². The molecule has 206 valence electrons. The van der Waals surface area contributed by atoms with Crippen LogP contribution < -0.4 is 15.5 Å². The molecule has 1 unspecified atom stereocenters. The number of nitrogens with zero attached hydrogens (tertiary/aromatic N) is 2. The minimum Gasteiger partial charge on any atom is -0.367 e. The van der Waals surface area contributed by atoms with Crippen molar-refractivity contribution >= 4 is 23.2 Å². The average molecular weight is 527 g/mol. The first-order valence-electron chi connectivity index (χ1n) is 14.2. The quantitative estimate of drug-likeness (QED) is 0.316. The van der Waals surface area contributed by atoms with Gasteiger partial charge in [0.2, 0.25) is 0 Å². The van der Waals surface area contributed by atoms with E-state index in [-0.39, 0.29) is 11.8 Å². The first kappa shape index (κ1) is 28.4. The normalized spacial score (nSPS) is 14.6. The first-order valence-corrected chi connectivity index (χ1v) is 14.2. The molecule has 1 heterocycles. The molecule has 2 N–H and O–H groups in total. The second kappa shape index (κ2) is 13.9. The summed E-state index contributed by atoms with van der Waals surface area (Å²) in [6.45, 7) is 11.4.